The summed E-state index contributed by atoms with van der Waals surface area (Å²) in [6.07, 6.45) is 6.48. The molecule has 1 nitrogen and oxygen atoms in total. The van der Waals surface area contributed by atoms with Crippen molar-refractivity contribution < 1.29 is 4.74 Å². The average molecular weight is 409 g/mol. The van der Waals surface area contributed by atoms with Crippen LogP contribution in [-0.4, -0.2) is 10.0 Å². The largest absolute Gasteiger partial charge is 0.370 e. The molecular weight excluding hydrogens is 391 g/mol. The van der Waals surface area contributed by atoms with Crippen molar-refractivity contribution in [1.82, 2.24) is 0 Å². The molecule has 1 saturated carbocycles. The molecule has 0 amide bonds. The lowest BCUT2D eigenvalue weighted by molar-refractivity contribution is -0.0607. The van der Waals surface area contributed by atoms with E-state index < -0.39 is 0 Å². The number of rotatable bonds is 4. The van der Waals surface area contributed by atoms with Gasteiger partial charge in [-0.3, -0.25) is 0 Å². The molecule has 1 aliphatic rings. The normalized spacial score (nSPS) is 19.2. The Labute approximate surface area is 126 Å². The lowest BCUT2D eigenvalue weighted by atomic mass is 9.86. The van der Waals surface area contributed by atoms with Gasteiger partial charge in [-0.1, -0.05) is 69.9 Å². The minimum Gasteiger partial charge on any atom is -0.370 e. The van der Waals surface area contributed by atoms with Gasteiger partial charge < -0.3 is 4.74 Å². The fourth-order valence-electron chi connectivity index (χ4n) is 2.33. The first-order valence-electron chi connectivity index (χ1n) is 6.18. The van der Waals surface area contributed by atoms with Crippen LogP contribution in [0.3, 0.4) is 0 Å². The second-order valence-electron chi connectivity index (χ2n) is 4.79. The molecule has 17 heavy (non-hydrogen) atoms. The van der Waals surface area contributed by atoms with Gasteiger partial charge in [-0.15, -0.1) is 0 Å². The summed E-state index contributed by atoms with van der Waals surface area (Å²) in [5.74, 6) is 0. The first kappa shape index (κ1) is 13.8. The molecule has 0 N–H and O–H groups in total. The highest BCUT2D eigenvalue weighted by Crippen LogP contribution is 2.34. The minimum absolute atomic E-state index is 0.145. The van der Waals surface area contributed by atoms with E-state index in [2.05, 4.69) is 62.8 Å². The Hall–Kier alpha value is 0.390. The summed E-state index contributed by atoms with van der Waals surface area (Å²) >= 11 is 5.93. The standard InChI is InChI=1S/C14H18BrIO/c15-13-6-4-12(5-7-13)10-17-14(11-16)8-2-1-3-9-14/h4-7H,1-3,8-11H2. The molecule has 0 saturated heterocycles. The van der Waals surface area contributed by atoms with Crippen LogP contribution >= 0.6 is 38.5 Å². The maximum Gasteiger partial charge on any atom is 0.0776 e. The highest BCUT2D eigenvalue weighted by Gasteiger charge is 2.31. The van der Waals surface area contributed by atoms with Crippen molar-refractivity contribution in [2.75, 3.05) is 4.43 Å². The van der Waals surface area contributed by atoms with E-state index in [-0.39, 0.29) is 5.60 Å². The number of hydrogen-bond donors (Lipinski definition) is 0. The van der Waals surface area contributed by atoms with Gasteiger partial charge in [0.15, 0.2) is 0 Å². The van der Waals surface area contributed by atoms with Crippen molar-refractivity contribution in [2.45, 2.75) is 44.3 Å². The predicted molar refractivity (Wildman–Crippen MR) is 83.6 cm³/mol. The van der Waals surface area contributed by atoms with Gasteiger partial charge in [0.05, 0.1) is 12.2 Å². The summed E-state index contributed by atoms with van der Waals surface area (Å²) in [4.78, 5) is 0. The van der Waals surface area contributed by atoms with Crippen molar-refractivity contribution in [1.29, 1.82) is 0 Å². The molecule has 2 rings (SSSR count). The van der Waals surface area contributed by atoms with Gasteiger partial charge in [-0.05, 0) is 30.5 Å². The van der Waals surface area contributed by atoms with Crippen molar-refractivity contribution in [3.63, 3.8) is 0 Å². The topological polar surface area (TPSA) is 9.23 Å². The molecule has 0 bridgehead atoms. The van der Waals surface area contributed by atoms with E-state index in [0.717, 1.165) is 15.5 Å². The number of benzene rings is 1. The summed E-state index contributed by atoms with van der Waals surface area (Å²) in [6.45, 7) is 0.746. The van der Waals surface area contributed by atoms with Crippen LogP contribution in [-0.2, 0) is 11.3 Å². The van der Waals surface area contributed by atoms with Gasteiger partial charge in [0.1, 0.15) is 0 Å². The molecule has 1 aromatic carbocycles. The van der Waals surface area contributed by atoms with Crippen molar-refractivity contribution in [3.8, 4) is 0 Å². The second-order valence-corrected chi connectivity index (χ2v) is 6.47. The number of ether oxygens (including phenoxy) is 1. The van der Waals surface area contributed by atoms with E-state index in [1.54, 1.807) is 0 Å². The Balaban J connectivity index is 1.93. The summed E-state index contributed by atoms with van der Waals surface area (Å²) in [6, 6.07) is 8.42. The second kappa shape index (κ2) is 6.53. The van der Waals surface area contributed by atoms with Crippen LogP contribution < -0.4 is 0 Å². The highest BCUT2D eigenvalue weighted by atomic mass is 127. The Bertz CT molecular complexity index is 344. The fraction of sp³-hybridized carbons (Fsp3) is 0.571. The monoisotopic (exact) mass is 408 g/mol. The lowest BCUT2D eigenvalue weighted by Crippen LogP contribution is -2.36. The number of hydrogen-bond acceptors (Lipinski definition) is 1. The summed E-state index contributed by atoms with van der Waals surface area (Å²) < 4.78 is 8.46. The van der Waals surface area contributed by atoms with Crippen molar-refractivity contribution in [3.05, 3.63) is 34.3 Å². The lowest BCUT2D eigenvalue weighted by Gasteiger charge is -2.35. The molecule has 0 atom stereocenters. The van der Waals surface area contributed by atoms with Gasteiger partial charge >= 0.3 is 0 Å². The quantitative estimate of drug-likeness (QED) is 0.497. The van der Waals surface area contributed by atoms with Crippen LogP contribution in [0.4, 0.5) is 0 Å². The number of halogens is 2. The van der Waals surface area contributed by atoms with Crippen LogP contribution in [0.25, 0.3) is 0 Å². The molecule has 0 spiro atoms. The molecular formula is C14H18BrIO. The Morgan fingerprint density at radius 3 is 2.35 bits per heavy atom. The summed E-state index contributed by atoms with van der Waals surface area (Å²) in [5.41, 5.74) is 1.41. The van der Waals surface area contributed by atoms with E-state index in [9.17, 15) is 0 Å². The van der Waals surface area contributed by atoms with Gasteiger partial charge in [-0.25, -0.2) is 0 Å². The third kappa shape index (κ3) is 3.93. The number of alkyl halides is 1. The highest BCUT2D eigenvalue weighted by molar-refractivity contribution is 14.1. The summed E-state index contributed by atoms with van der Waals surface area (Å²) in [7, 11) is 0. The van der Waals surface area contributed by atoms with Crippen molar-refractivity contribution in [2.24, 2.45) is 0 Å². The molecule has 3 heteroatoms. The van der Waals surface area contributed by atoms with E-state index >= 15 is 0 Å². The molecule has 0 unspecified atom stereocenters. The van der Waals surface area contributed by atoms with Crippen LogP contribution in [0, 0.1) is 0 Å². The van der Waals surface area contributed by atoms with E-state index in [1.165, 1.54) is 37.7 Å². The van der Waals surface area contributed by atoms with Crippen LogP contribution in [0.15, 0.2) is 28.7 Å². The molecule has 0 aromatic heterocycles. The van der Waals surface area contributed by atoms with E-state index in [1.807, 2.05) is 0 Å². The average Bonchev–Trinajstić information content (AvgIpc) is 2.39. The van der Waals surface area contributed by atoms with E-state index in [4.69, 9.17) is 4.74 Å². The predicted octanol–water partition coefficient (Wildman–Crippen LogP) is 5.10. The molecule has 0 radical (unpaired) electrons. The van der Waals surface area contributed by atoms with E-state index in [0.29, 0.717) is 0 Å². The minimum atomic E-state index is 0.145. The smallest absolute Gasteiger partial charge is 0.0776 e. The Kier molecular flexibility index (Phi) is 5.30. The Morgan fingerprint density at radius 1 is 1.12 bits per heavy atom. The maximum atomic E-state index is 6.22. The zero-order chi connectivity index (χ0) is 12.1. The third-order valence-corrected chi connectivity index (χ3v) is 5.39. The SMILES string of the molecule is Brc1ccc(COC2(CI)CCCCC2)cc1. The molecule has 0 aliphatic heterocycles. The first-order valence-corrected chi connectivity index (χ1v) is 8.50. The van der Waals surface area contributed by atoms with Gasteiger partial charge in [0.2, 0.25) is 0 Å². The third-order valence-electron chi connectivity index (χ3n) is 3.47. The molecule has 1 aromatic rings. The van der Waals surface area contributed by atoms with Gasteiger partial charge in [-0.2, -0.15) is 0 Å². The van der Waals surface area contributed by atoms with Gasteiger partial charge in [0.25, 0.3) is 0 Å². The zero-order valence-electron chi connectivity index (χ0n) is 9.92. The van der Waals surface area contributed by atoms with Crippen LogP contribution in [0.2, 0.25) is 0 Å². The van der Waals surface area contributed by atoms with Crippen molar-refractivity contribution >= 4 is 38.5 Å². The maximum absolute atomic E-state index is 6.22. The molecule has 94 valence electrons. The molecule has 1 aliphatic carbocycles. The fourth-order valence-corrected chi connectivity index (χ4v) is 3.58. The molecule has 0 heterocycles. The first-order chi connectivity index (χ1) is 8.24. The van der Waals surface area contributed by atoms with Gasteiger partial charge in [0, 0.05) is 8.90 Å². The van der Waals surface area contributed by atoms with Crippen LogP contribution in [0.5, 0.6) is 0 Å². The molecule has 1 fully saturated rings. The Morgan fingerprint density at radius 2 is 1.76 bits per heavy atom. The van der Waals surface area contributed by atoms with Crippen LogP contribution in [0.1, 0.15) is 37.7 Å². The zero-order valence-corrected chi connectivity index (χ0v) is 13.7. The summed E-state index contributed by atoms with van der Waals surface area (Å²) in [5, 5.41) is 0.